The highest BCUT2D eigenvalue weighted by atomic mass is 16.2. The molecule has 1 aliphatic carbocycles. The molecule has 0 bridgehead atoms. The van der Waals surface area contributed by atoms with Crippen LogP contribution in [0, 0.1) is 0 Å². The molecule has 21 heavy (non-hydrogen) atoms. The molecule has 0 unspecified atom stereocenters. The Morgan fingerprint density at radius 2 is 1.90 bits per heavy atom. The van der Waals surface area contributed by atoms with Crippen LogP contribution >= 0.6 is 0 Å². The second-order valence-corrected chi connectivity index (χ2v) is 7.31. The third-order valence-corrected chi connectivity index (χ3v) is 4.62. The first-order valence-electron chi connectivity index (χ1n) is 8.16. The Kier molecular flexibility index (Phi) is 4.70. The topological polar surface area (TPSA) is 42.0 Å². The van der Waals surface area contributed by atoms with E-state index >= 15 is 0 Å². The van der Waals surface area contributed by atoms with Crippen molar-refractivity contribution in [2.75, 3.05) is 0 Å². The minimum atomic E-state index is -0.0381. The smallest absolute Gasteiger partial charge is 0.270 e. The van der Waals surface area contributed by atoms with Crippen LogP contribution < -0.4 is 5.32 Å². The summed E-state index contributed by atoms with van der Waals surface area (Å²) in [4.78, 5) is 17.1. The highest BCUT2D eigenvalue weighted by molar-refractivity contribution is 5.92. The summed E-state index contributed by atoms with van der Waals surface area (Å²) in [6, 6.07) is 5.74. The van der Waals surface area contributed by atoms with Crippen LogP contribution in [-0.4, -0.2) is 16.4 Å². The van der Waals surface area contributed by atoms with Gasteiger partial charge < -0.3 is 5.32 Å². The first-order chi connectivity index (χ1) is 9.86. The largest absolute Gasteiger partial charge is 0.345 e. The number of pyridine rings is 1. The zero-order valence-electron chi connectivity index (χ0n) is 13.8. The molecule has 3 heteroatoms. The minimum absolute atomic E-state index is 0.0191. The van der Waals surface area contributed by atoms with E-state index < -0.39 is 0 Å². The van der Waals surface area contributed by atoms with Gasteiger partial charge in [0.2, 0.25) is 0 Å². The lowest BCUT2D eigenvalue weighted by Crippen LogP contribution is -2.49. The van der Waals surface area contributed by atoms with Crippen LogP contribution in [0.3, 0.4) is 0 Å². The lowest BCUT2D eigenvalue weighted by atomic mass is 9.79. The monoisotopic (exact) mass is 288 g/mol. The molecule has 1 aromatic heterocycles. The van der Waals surface area contributed by atoms with E-state index in [0.717, 1.165) is 25.0 Å². The number of nitrogens with zero attached hydrogens (tertiary/aromatic N) is 1. The fourth-order valence-electron chi connectivity index (χ4n) is 3.08. The third kappa shape index (κ3) is 3.84. The van der Waals surface area contributed by atoms with Crippen molar-refractivity contribution in [1.82, 2.24) is 10.3 Å². The van der Waals surface area contributed by atoms with E-state index in [4.69, 9.17) is 0 Å². The molecule has 116 valence electrons. The Bertz CT molecular complexity index is 496. The maximum atomic E-state index is 12.6. The molecule has 1 N–H and O–H groups in total. The van der Waals surface area contributed by atoms with E-state index in [9.17, 15) is 4.79 Å². The van der Waals surface area contributed by atoms with Gasteiger partial charge in [-0.05, 0) is 31.4 Å². The molecule has 1 aromatic rings. The van der Waals surface area contributed by atoms with Crippen molar-refractivity contribution in [3.05, 3.63) is 29.6 Å². The average Bonchev–Trinajstić information content (AvgIpc) is 2.47. The first-order valence-corrected chi connectivity index (χ1v) is 8.16. The van der Waals surface area contributed by atoms with Crippen LogP contribution in [0.4, 0.5) is 0 Å². The van der Waals surface area contributed by atoms with Gasteiger partial charge in [0.25, 0.3) is 5.91 Å². The number of hydrogen-bond donors (Lipinski definition) is 1. The van der Waals surface area contributed by atoms with Gasteiger partial charge in [0.15, 0.2) is 0 Å². The van der Waals surface area contributed by atoms with Crippen LogP contribution in [0.25, 0.3) is 0 Å². The molecule has 1 heterocycles. The SMILES string of the molecule is CCC1(NC(=O)c2cccc(C(C)(C)C)n2)CCCCC1. The van der Waals surface area contributed by atoms with E-state index in [0.29, 0.717) is 5.69 Å². The summed E-state index contributed by atoms with van der Waals surface area (Å²) < 4.78 is 0. The maximum Gasteiger partial charge on any atom is 0.270 e. The molecule has 0 atom stereocenters. The molecule has 2 rings (SSSR count). The number of nitrogens with one attached hydrogen (secondary N) is 1. The molecular weight excluding hydrogens is 260 g/mol. The van der Waals surface area contributed by atoms with E-state index in [-0.39, 0.29) is 16.9 Å². The van der Waals surface area contributed by atoms with Gasteiger partial charge in [0.05, 0.1) is 0 Å². The molecule has 0 saturated heterocycles. The van der Waals surface area contributed by atoms with Crippen molar-refractivity contribution >= 4 is 5.91 Å². The van der Waals surface area contributed by atoms with Crippen molar-refractivity contribution in [3.8, 4) is 0 Å². The Morgan fingerprint density at radius 1 is 1.24 bits per heavy atom. The zero-order chi connectivity index (χ0) is 15.5. The van der Waals surface area contributed by atoms with E-state index in [1.54, 1.807) is 0 Å². The third-order valence-electron chi connectivity index (χ3n) is 4.62. The summed E-state index contributed by atoms with van der Waals surface area (Å²) in [6.07, 6.45) is 6.89. The number of rotatable bonds is 3. The Hall–Kier alpha value is -1.38. The predicted molar refractivity (Wildman–Crippen MR) is 86.5 cm³/mol. The highest BCUT2D eigenvalue weighted by Crippen LogP contribution is 2.31. The molecule has 1 amide bonds. The zero-order valence-corrected chi connectivity index (χ0v) is 13.8. The number of aromatic nitrogens is 1. The summed E-state index contributed by atoms with van der Waals surface area (Å²) in [5.74, 6) is -0.0233. The van der Waals surface area contributed by atoms with Gasteiger partial charge in [0, 0.05) is 16.6 Å². The molecular formula is C18H28N2O. The standard InChI is InChI=1S/C18H28N2O/c1-5-18(12-7-6-8-13-18)20-16(21)14-10-9-11-15(19-14)17(2,3)4/h9-11H,5-8,12-13H2,1-4H3,(H,20,21). The molecule has 0 aromatic carbocycles. The van der Waals surface area contributed by atoms with Crippen LogP contribution in [-0.2, 0) is 5.41 Å². The summed E-state index contributed by atoms with van der Waals surface area (Å²) in [5.41, 5.74) is 1.45. The van der Waals surface area contributed by atoms with Crippen LogP contribution in [0.1, 0.15) is 82.4 Å². The van der Waals surface area contributed by atoms with Gasteiger partial charge in [0.1, 0.15) is 5.69 Å². The van der Waals surface area contributed by atoms with Gasteiger partial charge in [-0.15, -0.1) is 0 Å². The van der Waals surface area contributed by atoms with Crippen molar-refractivity contribution in [1.29, 1.82) is 0 Å². The van der Waals surface area contributed by atoms with Crippen LogP contribution in [0.2, 0.25) is 0 Å². The molecule has 0 radical (unpaired) electrons. The number of carbonyl (C=O) groups excluding carboxylic acids is 1. The van der Waals surface area contributed by atoms with E-state index in [2.05, 4.69) is 38.0 Å². The van der Waals surface area contributed by atoms with Crippen LogP contribution in [0.5, 0.6) is 0 Å². The number of hydrogen-bond acceptors (Lipinski definition) is 2. The fraction of sp³-hybridized carbons (Fsp3) is 0.667. The van der Waals surface area contributed by atoms with Gasteiger partial charge in [-0.3, -0.25) is 4.79 Å². The van der Waals surface area contributed by atoms with Gasteiger partial charge in [-0.25, -0.2) is 4.98 Å². The lowest BCUT2D eigenvalue weighted by Gasteiger charge is -2.37. The predicted octanol–water partition coefficient (Wildman–Crippen LogP) is 4.22. The van der Waals surface area contributed by atoms with Crippen molar-refractivity contribution in [3.63, 3.8) is 0 Å². The molecule has 1 aliphatic rings. The number of carbonyl (C=O) groups is 1. The average molecular weight is 288 g/mol. The Labute approximate surface area is 128 Å². The highest BCUT2D eigenvalue weighted by Gasteiger charge is 2.32. The Morgan fingerprint density at radius 3 is 2.48 bits per heavy atom. The van der Waals surface area contributed by atoms with Crippen molar-refractivity contribution in [2.45, 2.75) is 77.2 Å². The summed E-state index contributed by atoms with van der Waals surface area (Å²) in [5, 5.41) is 3.28. The molecule has 1 saturated carbocycles. The second kappa shape index (κ2) is 6.17. The normalized spacial score (nSPS) is 18.3. The quantitative estimate of drug-likeness (QED) is 0.904. The lowest BCUT2D eigenvalue weighted by molar-refractivity contribution is 0.0859. The Balaban J connectivity index is 2.16. The molecule has 0 spiro atoms. The fourth-order valence-corrected chi connectivity index (χ4v) is 3.08. The summed E-state index contributed by atoms with van der Waals surface area (Å²) in [6.45, 7) is 8.52. The first kappa shape index (κ1) is 16.0. The number of amides is 1. The second-order valence-electron chi connectivity index (χ2n) is 7.31. The van der Waals surface area contributed by atoms with Crippen LogP contribution in [0.15, 0.2) is 18.2 Å². The maximum absolute atomic E-state index is 12.6. The minimum Gasteiger partial charge on any atom is -0.345 e. The van der Waals surface area contributed by atoms with Crippen molar-refractivity contribution in [2.24, 2.45) is 0 Å². The van der Waals surface area contributed by atoms with Gasteiger partial charge in [-0.2, -0.15) is 0 Å². The summed E-state index contributed by atoms with van der Waals surface area (Å²) in [7, 11) is 0. The van der Waals surface area contributed by atoms with E-state index in [1.165, 1.54) is 19.3 Å². The molecule has 1 fully saturated rings. The molecule has 3 nitrogen and oxygen atoms in total. The van der Waals surface area contributed by atoms with Crippen molar-refractivity contribution < 1.29 is 4.79 Å². The van der Waals surface area contributed by atoms with E-state index in [1.807, 2.05) is 18.2 Å². The molecule has 0 aliphatic heterocycles. The summed E-state index contributed by atoms with van der Waals surface area (Å²) >= 11 is 0. The van der Waals surface area contributed by atoms with Gasteiger partial charge in [-0.1, -0.05) is 53.0 Å². The van der Waals surface area contributed by atoms with Gasteiger partial charge >= 0.3 is 0 Å².